The van der Waals surface area contributed by atoms with Gasteiger partial charge in [-0.05, 0) is 12.1 Å². The summed E-state index contributed by atoms with van der Waals surface area (Å²) in [6.07, 6.45) is -1.09. The highest BCUT2D eigenvalue weighted by molar-refractivity contribution is 6.29. The van der Waals surface area contributed by atoms with Crippen molar-refractivity contribution in [1.82, 2.24) is 4.98 Å². The van der Waals surface area contributed by atoms with Gasteiger partial charge in [0.25, 0.3) is 0 Å². The molecule has 0 saturated heterocycles. The van der Waals surface area contributed by atoms with E-state index in [1.165, 1.54) is 7.11 Å². The SMILES string of the molecule is COC(=O)C[C@@H](O)c1cccc(Cl)n1. The van der Waals surface area contributed by atoms with Crippen LogP contribution < -0.4 is 0 Å². The zero-order valence-corrected chi connectivity index (χ0v) is 8.36. The van der Waals surface area contributed by atoms with Crippen molar-refractivity contribution in [2.75, 3.05) is 7.11 Å². The molecule has 0 saturated carbocycles. The van der Waals surface area contributed by atoms with Gasteiger partial charge in [0.15, 0.2) is 0 Å². The van der Waals surface area contributed by atoms with E-state index >= 15 is 0 Å². The Balaban J connectivity index is 2.69. The minimum atomic E-state index is -0.971. The smallest absolute Gasteiger partial charge is 0.308 e. The summed E-state index contributed by atoms with van der Waals surface area (Å²) in [4.78, 5) is 14.7. The van der Waals surface area contributed by atoms with Crippen molar-refractivity contribution >= 4 is 17.6 Å². The van der Waals surface area contributed by atoms with E-state index in [0.29, 0.717) is 5.69 Å². The van der Waals surface area contributed by atoms with Gasteiger partial charge in [0.2, 0.25) is 0 Å². The van der Waals surface area contributed by atoms with E-state index in [9.17, 15) is 9.90 Å². The summed E-state index contributed by atoms with van der Waals surface area (Å²) in [5, 5.41) is 9.81. The number of aliphatic hydroxyl groups excluding tert-OH is 1. The van der Waals surface area contributed by atoms with Crippen molar-refractivity contribution in [3.63, 3.8) is 0 Å². The second-order valence-corrected chi connectivity index (χ2v) is 3.07. The van der Waals surface area contributed by atoms with Crippen LogP contribution in [0.3, 0.4) is 0 Å². The fourth-order valence-corrected chi connectivity index (χ4v) is 1.13. The van der Waals surface area contributed by atoms with Crippen molar-refractivity contribution < 1.29 is 14.6 Å². The second kappa shape index (κ2) is 4.93. The van der Waals surface area contributed by atoms with Crippen LogP contribution in [0.15, 0.2) is 18.2 Å². The molecule has 1 heterocycles. The van der Waals surface area contributed by atoms with Gasteiger partial charge in [0.1, 0.15) is 11.3 Å². The maximum atomic E-state index is 10.8. The fraction of sp³-hybridized carbons (Fsp3) is 0.333. The lowest BCUT2D eigenvalue weighted by Gasteiger charge is -2.08. The van der Waals surface area contributed by atoms with E-state index in [1.54, 1.807) is 18.2 Å². The summed E-state index contributed by atoms with van der Waals surface area (Å²) in [6.45, 7) is 0. The van der Waals surface area contributed by atoms with Crippen LogP contribution in [0.4, 0.5) is 0 Å². The Morgan fingerprint density at radius 2 is 2.43 bits per heavy atom. The quantitative estimate of drug-likeness (QED) is 0.611. The third-order valence-corrected chi connectivity index (χ3v) is 1.88. The van der Waals surface area contributed by atoms with Crippen LogP contribution in [0, 0.1) is 0 Å². The van der Waals surface area contributed by atoms with Gasteiger partial charge < -0.3 is 9.84 Å². The number of carbonyl (C=O) groups is 1. The van der Waals surface area contributed by atoms with E-state index in [4.69, 9.17) is 11.6 Å². The number of pyridine rings is 1. The summed E-state index contributed by atoms with van der Waals surface area (Å²) in [5.74, 6) is -0.487. The van der Waals surface area contributed by atoms with Gasteiger partial charge in [-0.15, -0.1) is 0 Å². The molecular formula is C9H10ClNO3. The molecule has 0 unspecified atom stereocenters. The average Bonchev–Trinajstić information content (AvgIpc) is 2.17. The molecule has 5 heteroatoms. The predicted molar refractivity (Wildman–Crippen MR) is 50.8 cm³/mol. The lowest BCUT2D eigenvalue weighted by molar-refractivity contribution is -0.142. The molecule has 0 radical (unpaired) electrons. The van der Waals surface area contributed by atoms with Crippen LogP contribution in [0.1, 0.15) is 18.2 Å². The van der Waals surface area contributed by atoms with Gasteiger partial charge in [-0.25, -0.2) is 4.98 Å². The van der Waals surface area contributed by atoms with Gasteiger partial charge in [-0.3, -0.25) is 4.79 Å². The van der Waals surface area contributed by atoms with Gasteiger partial charge in [-0.2, -0.15) is 0 Å². The number of nitrogens with zero attached hydrogens (tertiary/aromatic N) is 1. The predicted octanol–water partition coefficient (Wildman–Crippen LogP) is 1.33. The summed E-state index contributed by atoms with van der Waals surface area (Å²) in [6, 6.07) is 4.85. The minimum Gasteiger partial charge on any atom is -0.469 e. The summed E-state index contributed by atoms with van der Waals surface area (Å²) in [5.41, 5.74) is 0.364. The third-order valence-electron chi connectivity index (χ3n) is 1.67. The molecule has 76 valence electrons. The summed E-state index contributed by atoms with van der Waals surface area (Å²) in [7, 11) is 1.26. The maximum absolute atomic E-state index is 10.8. The highest BCUT2D eigenvalue weighted by Gasteiger charge is 2.14. The maximum Gasteiger partial charge on any atom is 0.308 e. The molecule has 0 spiro atoms. The number of methoxy groups -OCH3 is 1. The topological polar surface area (TPSA) is 59.4 Å². The highest BCUT2D eigenvalue weighted by Crippen LogP contribution is 2.16. The van der Waals surface area contributed by atoms with E-state index in [2.05, 4.69) is 9.72 Å². The first-order valence-corrected chi connectivity index (χ1v) is 4.38. The van der Waals surface area contributed by atoms with Crippen LogP contribution in [-0.4, -0.2) is 23.2 Å². The standard InChI is InChI=1S/C9H10ClNO3/c1-14-9(13)5-7(12)6-3-2-4-8(10)11-6/h2-4,7,12H,5H2,1H3/t7-/m1/s1. The molecule has 0 aliphatic carbocycles. The Morgan fingerprint density at radius 1 is 1.71 bits per heavy atom. The average molecular weight is 216 g/mol. The van der Waals surface area contributed by atoms with Crippen molar-refractivity contribution in [3.05, 3.63) is 29.0 Å². The summed E-state index contributed by atoms with van der Waals surface area (Å²) >= 11 is 5.62. The third kappa shape index (κ3) is 2.97. The van der Waals surface area contributed by atoms with Crippen LogP contribution >= 0.6 is 11.6 Å². The monoisotopic (exact) mass is 215 g/mol. The Kier molecular flexibility index (Phi) is 3.85. The molecule has 1 N–H and O–H groups in total. The number of ether oxygens (including phenoxy) is 1. The van der Waals surface area contributed by atoms with Gasteiger partial charge in [0, 0.05) is 0 Å². The Bertz CT molecular complexity index is 330. The Hall–Kier alpha value is -1.13. The molecular weight excluding hydrogens is 206 g/mol. The molecule has 0 fully saturated rings. The van der Waals surface area contributed by atoms with Gasteiger partial charge >= 0.3 is 5.97 Å². The fourth-order valence-electron chi connectivity index (χ4n) is 0.955. The molecule has 1 aromatic rings. The Morgan fingerprint density at radius 3 is 3.00 bits per heavy atom. The van der Waals surface area contributed by atoms with Crippen LogP contribution in [-0.2, 0) is 9.53 Å². The first-order valence-electron chi connectivity index (χ1n) is 4.01. The van der Waals surface area contributed by atoms with Crippen molar-refractivity contribution in [2.24, 2.45) is 0 Å². The molecule has 0 bridgehead atoms. The normalized spacial score (nSPS) is 12.2. The zero-order chi connectivity index (χ0) is 10.6. The summed E-state index contributed by atoms with van der Waals surface area (Å²) < 4.78 is 4.41. The van der Waals surface area contributed by atoms with Crippen molar-refractivity contribution in [3.8, 4) is 0 Å². The lowest BCUT2D eigenvalue weighted by atomic mass is 10.2. The number of rotatable bonds is 3. The number of esters is 1. The van der Waals surface area contributed by atoms with Crippen LogP contribution in [0.25, 0.3) is 0 Å². The van der Waals surface area contributed by atoms with Crippen LogP contribution in [0.2, 0.25) is 5.15 Å². The highest BCUT2D eigenvalue weighted by atomic mass is 35.5. The van der Waals surface area contributed by atoms with Crippen LogP contribution in [0.5, 0.6) is 0 Å². The Labute approximate surface area is 86.5 Å². The van der Waals surface area contributed by atoms with Gasteiger partial charge in [-0.1, -0.05) is 17.7 Å². The molecule has 14 heavy (non-hydrogen) atoms. The van der Waals surface area contributed by atoms with Crippen molar-refractivity contribution in [1.29, 1.82) is 0 Å². The number of aliphatic hydroxyl groups is 1. The largest absolute Gasteiger partial charge is 0.469 e. The number of hydrogen-bond acceptors (Lipinski definition) is 4. The van der Waals surface area contributed by atoms with E-state index in [-0.39, 0.29) is 11.6 Å². The molecule has 1 rings (SSSR count). The molecule has 4 nitrogen and oxygen atoms in total. The van der Waals surface area contributed by atoms with Crippen molar-refractivity contribution in [2.45, 2.75) is 12.5 Å². The molecule has 0 aliphatic rings. The molecule has 0 amide bonds. The first-order chi connectivity index (χ1) is 6.63. The molecule has 1 atom stereocenters. The van der Waals surface area contributed by atoms with E-state index in [1.807, 2.05) is 0 Å². The second-order valence-electron chi connectivity index (χ2n) is 2.68. The van der Waals surface area contributed by atoms with E-state index < -0.39 is 12.1 Å². The van der Waals surface area contributed by atoms with Gasteiger partial charge in [0.05, 0.1) is 19.2 Å². The molecule has 1 aromatic heterocycles. The number of hydrogen-bond donors (Lipinski definition) is 1. The first kappa shape index (κ1) is 10.9. The minimum absolute atomic E-state index is 0.121. The zero-order valence-electron chi connectivity index (χ0n) is 7.61. The van der Waals surface area contributed by atoms with E-state index in [0.717, 1.165) is 0 Å². The number of aromatic nitrogens is 1. The molecule has 0 aliphatic heterocycles. The number of halogens is 1. The molecule has 0 aromatic carbocycles. The lowest BCUT2D eigenvalue weighted by Crippen LogP contribution is -2.09. The number of carbonyl (C=O) groups excluding carboxylic acids is 1.